The van der Waals surface area contributed by atoms with Gasteiger partial charge in [-0.2, -0.15) is 0 Å². The largest absolute Gasteiger partial charge is 0.494 e. The second-order valence-corrected chi connectivity index (χ2v) is 5.21. The monoisotopic (exact) mass is 273 g/mol. The lowest BCUT2D eigenvalue weighted by molar-refractivity contribution is 0.340. The van der Waals surface area contributed by atoms with Crippen LogP contribution in [0.25, 0.3) is 0 Å². The third kappa shape index (κ3) is 7.03. The van der Waals surface area contributed by atoms with Crippen LogP contribution in [0, 0.1) is 0 Å². The van der Waals surface area contributed by atoms with Crippen molar-refractivity contribution in [3.05, 3.63) is 47.6 Å². The summed E-state index contributed by atoms with van der Waals surface area (Å²) in [5.41, 5.74) is 3.95. The average Bonchev–Trinajstić information content (AvgIpc) is 2.40. The molecule has 1 N–H and O–H groups in total. The van der Waals surface area contributed by atoms with Crippen molar-refractivity contribution in [2.24, 2.45) is 0 Å². The second kappa shape index (κ2) is 9.24. The first-order valence-corrected chi connectivity index (χ1v) is 7.37. The van der Waals surface area contributed by atoms with Crippen molar-refractivity contribution in [1.29, 1.82) is 0 Å². The minimum Gasteiger partial charge on any atom is -0.494 e. The van der Waals surface area contributed by atoms with E-state index < -0.39 is 0 Å². The summed E-state index contributed by atoms with van der Waals surface area (Å²) in [7, 11) is 0. The zero-order valence-electron chi connectivity index (χ0n) is 13.2. The molecule has 1 aromatic carbocycles. The van der Waals surface area contributed by atoms with Crippen LogP contribution in [0.2, 0.25) is 0 Å². The number of ether oxygens (including phenoxy) is 1. The molecule has 1 aromatic rings. The fourth-order valence-corrected chi connectivity index (χ4v) is 1.87. The van der Waals surface area contributed by atoms with Crippen LogP contribution in [0.5, 0.6) is 5.75 Å². The summed E-state index contributed by atoms with van der Waals surface area (Å²) < 4.78 is 5.42. The van der Waals surface area contributed by atoms with Crippen LogP contribution in [0.1, 0.15) is 40.5 Å². The molecule has 1 rings (SSSR count). The summed E-state index contributed by atoms with van der Waals surface area (Å²) in [4.78, 5) is 0. The van der Waals surface area contributed by atoms with Crippen LogP contribution in [0.3, 0.4) is 0 Å². The van der Waals surface area contributed by atoms with Gasteiger partial charge >= 0.3 is 0 Å². The topological polar surface area (TPSA) is 21.3 Å². The third-order valence-corrected chi connectivity index (χ3v) is 3.01. The Labute approximate surface area is 123 Å². The molecule has 110 valence electrons. The normalized spacial score (nSPS) is 11.1. The molecule has 0 aliphatic carbocycles. The lowest BCUT2D eigenvalue weighted by Crippen LogP contribution is -1.99. The smallest absolute Gasteiger partial charge is 0.119 e. The maximum absolute atomic E-state index is 5.42. The van der Waals surface area contributed by atoms with Crippen LogP contribution in [0.15, 0.2) is 47.6 Å². The average molecular weight is 273 g/mol. The molecule has 0 fully saturated rings. The fourth-order valence-electron chi connectivity index (χ4n) is 1.87. The number of benzene rings is 1. The number of nitrogens with one attached hydrogen (secondary N) is 1. The predicted octanol–water partition coefficient (Wildman–Crippen LogP) is 5.19. The van der Waals surface area contributed by atoms with E-state index in [9.17, 15) is 0 Å². The van der Waals surface area contributed by atoms with E-state index in [0.717, 1.165) is 30.8 Å². The molecule has 0 atom stereocenters. The molecule has 0 heterocycles. The number of anilines is 1. The Kier molecular flexibility index (Phi) is 7.56. The molecule has 0 saturated heterocycles. The highest BCUT2D eigenvalue weighted by molar-refractivity contribution is 5.46. The summed E-state index contributed by atoms with van der Waals surface area (Å²) in [6.07, 6.45) is 6.82. The van der Waals surface area contributed by atoms with Gasteiger partial charge < -0.3 is 10.1 Å². The second-order valence-electron chi connectivity index (χ2n) is 5.21. The molecule has 0 bridgehead atoms. The Bertz CT molecular complexity index is 439. The van der Waals surface area contributed by atoms with Gasteiger partial charge in [0.1, 0.15) is 5.75 Å². The predicted molar refractivity (Wildman–Crippen MR) is 88.5 cm³/mol. The minimum atomic E-state index is 0.709. The molecule has 0 aliphatic rings. The summed E-state index contributed by atoms with van der Waals surface area (Å²) in [5, 5.41) is 3.40. The van der Waals surface area contributed by atoms with E-state index in [4.69, 9.17) is 4.74 Å². The van der Waals surface area contributed by atoms with E-state index in [1.807, 2.05) is 19.1 Å². The van der Waals surface area contributed by atoms with Gasteiger partial charge in [0.25, 0.3) is 0 Å². The Balaban J connectivity index is 2.33. The van der Waals surface area contributed by atoms with Crippen molar-refractivity contribution in [2.45, 2.75) is 40.5 Å². The van der Waals surface area contributed by atoms with Gasteiger partial charge in [-0.1, -0.05) is 23.3 Å². The highest BCUT2D eigenvalue weighted by atomic mass is 16.5. The SMILES string of the molecule is CCOc1ccc(NCC=C(C)CCC=C(C)C)cc1. The molecule has 2 heteroatoms. The van der Waals surface area contributed by atoms with Gasteiger partial charge in [-0.05, 0) is 64.8 Å². The van der Waals surface area contributed by atoms with Crippen LogP contribution in [-0.4, -0.2) is 13.2 Å². The van der Waals surface area contributed by atoms with Crippen molar-refractivity contribution in [3.63, 3.8) is 0 Å². The Morgan fingerprint density at radius 3 is 2.40 bits per heavy atom. The first-order valence-electron chi connectivity index (χ1n) is 7.37. The lowest BCUT2D eigenvalue weighted by atomic mass is 10.1. The standard InChI is InChI=1S/C18H27NO/c1-5-20-18-11-9-17(10-12-18)19-14-13-16(4)8-6-7-15(2)3/h7,9-13,19H,5-6,8,14H2,1-4H3. The molecule has 2 nitrogen and oxygen atoms in total. The van der Waals surface area contributed by atoms with Crippen molar-refractivity contribution >= 4 is 5.69 Å². The van der Waals surface area contributed by atoms with Crippen molar-refractivity contribution in [3.8, 4) is 5.75 Å². The van der Waals surface area contributed by atoms with E-state index in [0.29, 0.717) is 6.61 Å². The van der Waals surface area contributed by atoms with Gasteiger partial charge in [0.15, 0.2) is 0 Å². The molecule has 0 aliphatic heterocycles. The Morgan fingerprint density at radius 1 is 1.10 bits per heavy atom. The number of hydrogen-bond donors (Lipinski definition) is 1. The van der Waals surface area contributed by atoms with Crippen LogP contribution in [0.4, 0.5) is 5.69 Å². The highest BCUT2D eigenvalue weighted by Gasteiger charge is 1.94. The summed E-state index contributed by atoms with van der Waals surface area (Å²) >= 11 is 0. The van der Waals surface area contributed by atoms with E-state index in [-0.39, 0.29) is 0 Å². The van der Waals surface area contributed by atoms with E-state index in [2.05, 4.69) is 50.4 Å². The fraction of sp³-hybridized carbons (Fsp3) is 0.444. The quantitative estimate of drug-likeness (QED) is 0.658. The van der Waals surface area contributed by atoms with E-state index in [1.54, 1.807) is 0 Å². The molecule has 0 radical (unpaired) electrons. The molecule has 0 amide bonds. The van der Waals surface area contributed by atoms with Crippen LogP contribution >= 0.6 is 0 Å². The lowest BCUT2D eigenvalue weighted by Gasteiger charge is -2.07. The van der Waals surface area contributed by atoms with E-state index in [1.165, 1.54) is 11.1 Å². The number of hydrogen-bond acceptors (Lipinski definition) is 2. The zero-order chi connectivity index (χ0) is 14.8. The van der Waals surface area contributed by atoms with E-state index >= 15 is 0 Å². The zero-order valence-corrected chi connectivity index (χ0v) is 13.2. The Hall–Kier alpha value is -1.70. The Morgan fingerprint density at radius 2 is 1.80 bits per heavy atom. The molecule has 0 spiro atoms. The van der Waals surface area contributed by atoms with Crippen molar-refractivity contribution < 1.29 is 4.74 Å². The van der Waals surface area contributed by atoms with Gasteiger partial charge in [-0.15, -0.1) is 0 Å². The van der Waals surface area contributed by atoms with Gasteiger partial charge in [0.2, 0.25) is 0 Å². The summed E-state index contributed by atoms with van der Waals surface area (Å²) in [6.45, 7) is 10.1. The molecular weight excluding hydrogens is 246 g/mol. The first kappa shape index (κ1) is 16.4. The van der Waals surface area contributed by atoms with Gasteiger partial charge in [-0.25, -0.2) is 0 Å². The maximum atomic E-state index is 5.42. The summed E-state index contributed by atoms with van der Waals surface area (Å²) in [6, 6.07) is 8.10. The molecule has 0 unspecified atom stereocenters. The van der Waals surface area contributed by atoms with Crippen molar-refractivity contribution in [1.82, 2.24) is 0 Å². The maximum Gasteiger partial charge on any atom is 0.119 e. The molecular formula is C18H27NO. The molecule has 20 heavy (non-hydrogen) atoms. The van der Waals surface area contributed by atoms with Gasteiger partial charge in [0, 0.05) is 12.2 Å². The molecule has 0 saturated carbocycles. The van der Waals surface area contributed by atoms with Crippen LogP contribution in [-0.2, 0) is 0 Å². The number of rotatable bonds is 8. The first-order chi connectivity index (χ1) is 9.61. The summed E-state index contributed by atoms with van der Waals surface area (Å²) in [5.74, 6) is 0.923. The molecule has 0 aromatic heterocycles. The highest BCUT2D eigenvalue weighted by Crippen LogP contribution is 2.15. The third-order valence-electron chi connectivity index (χ3n) is 3.01. The van der Waals surface area contributed by atoms with Gasteiger partial charge in [0.05, 0.1) is 6.61 Å². The van der Waals surface area contributed by atoms with Crippen LogP contribution < -0.4 is 10.1 Å². The number of allylic oxidation sites excluding steroid dienone is 3. The van der Waals surface area contributed by atoms with Gasteiger partial charge in [-0.3, -0.25) is 0 Å². The minimum absolute atomic E-state index is 0.709. The van der Waals surface area contributed by atoms with Crippen molar-refractivity contribution in [2.75, 3.05) is 18.5 Å².